The highest BCUT2D eigenvalue weighted by molar-refractivity contribution is 7.10. The summed E-state index contributed by atoms with van der Waals surface area (Å²) in [5, 5.41) is 7.26. The van der Waals surface area contributed by atoms with Crippen LogP contribution in [-0.4, -0.2) is 29.3 Å². The van der Waals surface area contributed by atoms with Crippen molar-refractivity contribution < 1.29 is 9.59 Å². The first-order chi connectivity index (χ1) is 15.2. The normalized spacial score (nSPS) is 17.9. The van der Waals surface area contributed by atoms with E-state index in [0.717, 1.165) is 41.9 Å². The van der Waals surface area contributed by atoms with Crippen LogP contribution in [0.15, 0.2) is 46.7 Å². The van der Waals surface area contributed by atoms with Gasteiger partial charge < -0.3 is 10.2 Å². The highest BCUT2D eigenvalue weighted by atomic mass is 32.1. The van der Waals surface area contributed by atoms with Crippen LogP contribution in [-0.2, 0) is 16.0 Å². The van der Waals surface area contributed by atoms with Crippen molar-refractivity contribution in [3.63, 3.8) is 0 Å². The molecule has 166 valence electrons. The van der Waals surface area contributed by atoms with Gasteiger partial charge in [-0.1, -0.05) is 36.6 Å². The summed E-state index contributed by atoms with van der Waals surface area (Å²) in [7, 11) is 0. The number of hydrogen-bond donors (Lipinski definition) is 1. The number of amides is 2. The van der Waals surface area contributed by atoms with Crippen LogP contribution in [0.1, 0.15) is 73.6 Å². The minimum absolute atomic E-state index is 0.0218. The molecule has 0 bridgehead atoms. The Morgan fingerprint density at radius 1 is 1.06 bits per heavy atom. The number of hydrogen-bond acceptors (Lipinski definition) is 4. The third-order valence-corrected chi connectivity index (χ3v) is 8.16. The van der Waals surface area contributed by atoms with Crippen molar-refractivity contribution in [1.29, 1.82) is 0 Å². The second-order valence-electron chi connectivity index (χ2n) is 8.61. The molecule has 6 heteroatoms. The molecule has 2 heterocycles. The predicted octanol–water partition coefficient (Wildman–Crippen LogP) is 5.87. The van der Waals surface area contributed by atoms with E-state index in [0.29, 0.717) is 13.0 Å². The van der Waals surface area contributed by atoms with Crippen molar-refractivity contribution in [3.05, 3.63) is 56.4 Å². The summed E-state index contributed by atoms with van der Waals surface area (Å²) >= 11 is 3.17. The average Bonchev–Trinajstić information content (AvgIpc) is 3.55. The Kier molecular flexibility index (Phi) is 7.97. The molecule has 1 N–H and O–H groups in total. The van der Waals surface area contributed by atoms with Gasteiger partial charge in [0.15, 0.2) is 0 Å². The highest BCUT2D eigenvalue weighted by Gasteiger charge is 2.33. The van der Waals surface area contributed by atoms with Crippen LogP contribution < -0.4 is 5.32 Å². The van der Waals surface area contributed by atoms with E-state index >= 15 is 0 Å². The molecular formula is C25H32N2O2S2. The Labute approximate surface area is 193 Å². The molecular weight excluding hydrogens is 424 g/mol. The smallest absolute Gasteiger partial charge is 0.248 e. The number of carbonyl (C=O) groups excluding carboxylic acids is 2. The topological polar surface area (TPSA) is 49.4 Å². The maximum Gasteiger partial charge on any atom is 0.248 e. The Morgan fingerprint density at radius 2 is 1.87 bits per heavy atom. The minimum atomic E-state index is -0.544. The Balaban J connectivity index is 1.56. The number of thiophene rings is 2. The van der Waals surface area contributed by atoms with Crippen molar-refractivity contribution in [1.82, 2.24) is 10.2 Å². The summed E-state index contributed by atoms with van der Waals surface area (Å²) in [6.07, 6.45) is 12.7. The molecule has 0 spiro atoms. The van der Waals surface area contributed by atoms with Crippen molar-refractivity contribution >= 4 is 34.5 Å². The quantitative estimate of drug-likeness (QED) is 0.480. The zero-order valence-electron chi connectivity index (χ0n) is 18.1. The number of nitrogens with one attached hydrogen (secondary N) is 1. The van der Waals surface area contributed by atoms with Crippen LogP contribution in [0.3, 0.4) is 0 Å². The molecule has 1 saturated carbocycles. The van der Waals surface area contributed by atoms with Gasteiger partial charge in [0.1, 0.15) is 6.04 Å². The molecule has 0 radical (unpaired) electrons. The van der Waals surface area contributed by atoms with E-state index in [4.69, 9.17) is 0 Å². The lowest BCUT2D eigenvalue weighted by Crippen LogP contribution is -2.46. The van der Waals surface area contributed by atoms with E-state index in [1.165, 1.54) is 31.3 Å². The van der Waals surface area contributed by atoms with E-state index in [1.54, 1.807) is 22.7 Å². The molecule has 2 aliphatic rings. The van der Waals surface area contributed by atoms with Crippen molar-refractivity contribution in [2.45, 2.75) is 76.3 Å². The van der Waals surface area contributed by atoms with Gasteiger partial charge in [-0.05, 0) is 67.8 Å². The maximum absolute atomic E-state index is 13.5. The van der Waals surface area contributed by atoms with E-state index in [-0.39, 0.29) is 17.9 Å². The lowest BCUT2D eigenvalue weighted by Gasteiger charge is -2.32. The Morgan fingerprint density at radius 3 is 2.55 bits per heavy atom. The molecule has 4 nitrogen and oxygen atoms in total. The molecule has 0 aromatic carbocycles. The Bertz CT molecular complexity index is 867. The van der Waals surface area contributed by atoms with E-state index in [2.05, 4.69) is 11.4 Å². The standard InChI is InChI=1S/C25H32N2O2S2/c28-23(18-21-12-6-16-30-21)27(15-14-19-8-2-1-3-9-19)24(22-13-7-17-31-22)25(29)26-20-10-4-5-11-20/h6-8,12-13,16-17,20,24H,1-5,9-11,14-15,18H2,(H,26,29)/t24-/m1/s1. The van der Waals surface area contributed by atoms with Crippen molar-refractivity contribution in [3.8, 4) is 0 Å². The van der Waals surface area contributed by atoms with Gasteiger partial charge in [-0.25, -0.2) is 0 Å². The summed E-state index contributed by atoms with van der Waals surface area (Å²) in [6, 6.07) is 7.65. The Hall–Kier alpha value is -1.92. The first-order valence-corrected chi connectivity index (χ1v) is 13.3. The second kappa shape index (κ2) is 11.1. The molecule has 0 unspecified atom stereocenters. The molecule has 2 aliphatic carbocycles. The third kappa shape index (κ3) is 6.07. The van der Waals surface area contributed by atoms with Crippen LogP contribution >= 0.6 is 22.7 Å². The molecule has 2 amide bonds. The van der Waals surface area contributed by atoms with Gasteiger partial charge in [0.05, 0.1) is 6.42 Å². The molecule has 31 heavy (non-hydrogen) atoms. The largest absolute Gasteiger partial charge is 0.351 e. The highest BCUT2D eigenvalue weighted by Crippen LogP contribution is 2.30. The van der Waals surface area contributed by atoms with Crippen LogP contribution in [0.25, 0.3) is 0 Å². The fraction of sp³-hybridized carbons (Fsp3) is 0.520. The van der Waals surface area contributed by atoms with Gasteiger partial charge in [0.25, 0.3) is 0 Å². The molecule has 2 aromatic heterocycles. The summed E-state index contributed by atoms with van der Waals surface area (Å²) < 4.78 is 0. The summed E-state index contributed by atoms with van der Waals surface area (Å²) in [5.74, 6) is 0.0188. The fourth-order valence-corrected chi connectivity index (χ4v) is 6.21. The molecule has 1 atom stereocenters. The zero-order valence-corrected chi connectivity index (χ0v) is 19.7. The van der Waals surface area contributed by atoms with Gasteiger partial charge >= 0.3 is 0 Å². The fourth-order valence-electron chi connectivity index (χ4n) is 4.68. The first kappa shape index (κ1) is 22.3. The molecule has 1 fully saturated rings. The zero-order chi connectivity index (χ0) is 21.5. The number of rotatable bonds is 9. The van der Waals surface area contributed by atoms with Crippen LogP contribution in [0.4, 0.5) is 0 Å². The maximum atomic E-state index is 13.5. The van der Waals surface area contributed by atoms with Crippen LogP contribution in [0.2, 0.25) is 0 Å². The van der Waals surface area contributed by atoms with Gasteiger partial charge in [0.2, 0.25) is 11.8 Å². The number of allylic oxidation sites excluding steroid dienone is 1. The SMILES string of the molecule is O=C(NC1CCCC1)[C@@H](c1cccs1)N(CCC1=CCCCC1)C(=O)Cc1cccs1. The minimum Gasteiger partial charge on any atom is -0.351 e. The first-order valence-electron chi connectivity index (χ1n) is 11.5. The van der Waals surface area contributed by atoms with Gasteiger partial charge in [-0.3, -0.25) is 9.59 Å². The van der Waals surface area contributed by atoms with E-state index < -0.39 is 6.04 Å². The van der Waals surface area contributed by atoms with Crippen LogP contribution in [0.5, 0.6) is 0 Å². The predicted molar refractivity (Wildman–Crippen MR) is 128 cm³/mol. The van der Waals surface area contributed by atoms with Crippen molar-refractivity contribution in [2.24, 2.45) is 0 Å². The number of carbonyl (C=O) groups is 2. The van der Waals surface area contributed by atoms with Crippen LogP contribution in [0, 0.1) is 0 Å². The molecule has 0 aliphatic heterocycles. The molecule has 2 aromatic rings. The summed E-state index contributed by atoms with van der Waals surface area (Å²) in [5.41, 5.74) is 1.43. The average molecular weight is 457 g/mol. The van der Waals surface area contributed by atoms with E-state index in [9.17, 15) is 9.59 Å². The van der Waals surface area contributed by atoms with Gasteiger partial charge in [0, 0.05) is 22.3 Å². The lowest BCUT2D eigenvalue weighted by atomic mass is 9.96. The molecule has 0 saturated heterocycles. The summed E-state index contributed by atoms with van der Waals surface area (Å²) in [4.78, 5) is 30.8. The lowest BCUT2D eigenvalue weighted by molar-refractivity contribution is -0.140. The van der Waals surface area contributed by atoms with E-state index in [1.807, 2.05) is 39.9 Å². The van der Waals surface area contributed by atoms with Gasteiger partial charge in [-0.15, -0.1) is 22.7 Å². The second-order valence-corrected chi connectivity index (χ2v) is 10.6. The van der Waals surface area contributed by atoms with Gasteiger partial charge in [-0.2, -0.15) is 0 Å². The monoisotopic (exact) mass is 456 g/mol. The number of nitrogens with zero attached hydrogens (tertiary/aromatic N) is 1. The molecule has 4 rings (SSSR count). The third-order valence-electron chi connectivity index (χ3n) is 6.36. The summed E-state index contributed by atoms with van der Waals surface area (Å²) in [6.45, 7) is 0.594. The van der Waals surface area contributed by atoms with Crippen molar-refractivity contribution in [2.75, 3.05) is 6.54 Å².